The number of amides is 1. The molecule has 0 saturated carbocycles. The minimum atomic E-state index is 0.329. The number of hydrogen-bond donors (Lipinski definition) is 0. The van der Waals surface area contributed by atoms with Crippen LogP contribution in [0.15, 0.2) is 0 Å². The number of likely N-dealkylation sites (tertiary alicyclic amines) is 2. The van der Waals surface area contributed by atoms with Crippen LogP contribution in [0.25, 0.3) is 0 Å². The van der Waals surface area contributed by atoms with Crippen molar-refractivity contribution < 1.29 is 9.53 Å². The summed E-state index contributed by atoms with van der Waals surface area (Å²) in [7, 11) is 2.14. The van der Waals surface area contributed by atoms with Crippen molar-refractivity contribution in [3.63, 3.8) is 0 Å². The van der Waals surface area contributed by atoms with E-state index in [4.69, 9.17) is 4.74 Å². The normalized spacial score (nSPS) is 30.2. The molecule has 0 spiro atoms. The maximum Gasteiger partial charge on any atom is 0.236 e. The zero-order chi connectivity index (χ0) is 16.9. The lowest BCUT2D eigenvalue weighted by Crippen LogP contribution is -2.50. The molecule has 0 aliphatic carbocycles. The molecule has 0 N–H and O–H groups in total. The highest BCUT2D eigenvalue weighted by Gasteiger charge is 2.29. The number of carbonyl (C=O) groups is 1. The Bertz CT molecular complexity index is 403. The summed E-state index contributed by atoms with van der Waals surface area (Å²) in [5.74, 6) is 1.07. The molecule has 0 radical (unpaired) electrons. The molecule has 0 aromatic heterocycles. The highest BCUT2D eigenvalue weighted by Crippen LogP contribution is 2.21. The van der Waals surface area contributed by atoms with Gasteiger partial charge in [0.15, 0.2) is 0 Å². The highest BCUT2D eigenvalue weighted by molar-refractivity contribution is 5.78. The van der Waals surface area contributed by atoms with Gasteiger partial charge >= 0.3 is 0 Å². The largest absolute Gasteiger partial charge is 0.381 e. The molecule has 5 nitrogen and oxygen atoms in total. The Balaban J connectivity index is 1.39. The SMILES string of the molecule is C[C@H]1CCCCN1C(=O)CN(C)C1CCN(C[C@@H]2CCOC2)CC1. The minimum absolute atomic E-state index is 0.329. The first-order valence-corrected chi connectivity index (χ1v) is 9.93. The summed E-state index contributed by atoms with van der Waals surface area (Å²) in [6, 6.07) is 0.986. The van der Waals surface area contributed by atoms with Crippen molar-refractivity contribution in [3.8, 4) is 0 Å². The van der Waals surface area contributed by atoms with Crippen molar-refractivity contribution in [1.82, 2.24) is 14.7 Å². The van der Waals surface area contributed by atoms with E-state index in [2.05, 4.69) is 28.7 Å². The van der Waals surface area contributed by atoms with Gasteiger partial charge in [-0.2, -0.15) is 0 Å². The van der Waals surface area contributed by atoms with Crippen LogP contribution in [0.4, 0.5) is 0 Å². The van der Waals surface area contributed by atoms with Crippen LogP contribution in [0.1, 0.15) is 45.4 Å². The molecule has 3 aliphatic rings. The van der Waals surface area contributed by atoms with Gasteiger partial charge in [-0.1, -0.05) is 0 Å². The summed E-state index contributed by atoms with van der Waals surface area (Å²) >= 11 is 0. The first-order valence-electron chi connectivity index (χ1n) is 9.93. The lowest BCUT2D eigenvalue weighted by Gasteiger charge is -2.39. The van der Waals surface area contributed by atoms with E-state index in [-0.39, 0.29) is 0 Å². The maximum absolute atomic E-state index is 12.6. The first-order chi connectivity index (χ1) is 11.6. The van der Waals surface area contributed by atoms with Crippen molar-refractivity contribution in [2.45, 2.75) is 57.5 Å². The summed E-state index contributed by atoms with van der Waals surface area (Å²) in [6.07, 6.45) is 7.20. The van der Waals surface area contributed by atoms with E-state index in [1.807, 2.05) is 0 Å². The van der Waals surface area contributed by atoms with E-state index in [9.17, 15) is 4.79 Å². The van der Waals surface area contributed by atoms with Gasteiger partial charge in [0.2, 0.25) is 5.91 Å². The first kappa shape index (κ1) is 18.2. The molecule has 2 atom stereocenters. The second-order valence-corrected chi connectivity index (χ2v) is 8.11. The van der Waals surface area contributed by atoms with Crippen LogP contribution in [0.3, 0.4) is 0 Å². The quantitative estimate of drug-likeness (QED) is 0.767. The third kappa shape index (κ3) is 4.70. The molecule has 24 heavy (non-hydrogen) atoms. The number of likely N-dealkylation sites (N-methyl/N-ethyl adjacent to an activating group) is 1. The zero-order valence-electron chi connectivity index (χ0n) is 15.6. The van der Waals surface area contributed by atoms with Gasteiger partial charge in [0.05, 0.1) is 13.2 Å². The molecule has 0 unspecified atom stereocenters. The van der Waals surface area contributed by atoms with Crippen LogP contribution in [0, 0.1) is 5.92 Å². The molecule has 138 valence electrons. The summed E-state index contributed by atoms with van der Waals surface area (Å²) in [5.41, 5.74) is 0. The fraction of sp³-hybridized carbons (Fsp3) is 0.947. The van der Waals surface area contributed by atoms with Crippen LogP contribution in [0.5, 0.6) is 0 Å². The molecular formula is C19H35N3O2. The van der Waals surface area contributed by atoms with Gasteiger partial charge in [0, 0.05) is 31.8 Å². The van der Waals surface area contributed by atoms with Gasteiger partial charge in [0.25, 0.3) is 0 Å². The Morgan fingerprint density at radius 3 is 2.58 bits per heavy atom. The number of piperidine rings is 2. The van der Waals surface area contributed by atoms with Crippen molar-refractivity contribution >= 4 is 5.91 Å². The van der Waals surface area contributed by atoms with Crippen LogP contribution in [-0.2, 0) is 9.53 Å². The van der Waals surface area contributed by atoms with E-state index < -0.39 is 0 Å². The van der Waals surface area contributed by atoms with Gasteiger partial charge < -0.3 is 14.5 Å². The Morgan fingerprint density at radius 1 is 1.12 bits per heavy atom. The standard InChI is InChI=1S/C19H35N3O2/c1-16-5-3-4-9-22(16)19(23)14-20(2)18-6-10-21(11-7-18)13-17-8-12-24-15-17/h16-18H,3-15H2,1-2H3/t16-,17-/m0/s1. The summed E-state index contributed by atoms with van der Waals surface area (Å²) in [6.45, 7) is 9.16. The molecule has 0 aromatic carbocycles. The Kier molecular flexibility index (Phi) is 6.53. The summed E-state index contributed by atoms with van der Waals surface area (Å²) < 4.78 is 5.49. The van der Waals surface area contributed by atoms with E-state index in [0.29, 0.717) is 24.5 Å². The minimum Gasteiger partial charge on any atom is -0.381 e. The number of nitrogens with zero attached hydrogens (tertiary/aromatic N) is 3. The van der Waals surface area contributed by atoms with Crippen LogP contribution >= 0.6 is 0 Å². The van der Waals surface area contributed by atoms with Crippen LogP contribution < -0.4 is 0 Å². The van der Waals surface area contributed by atoms with E-state index in [0.717, 1.165) is 25.7 Å². The molecule has 3 rings (SSSR count). The predicted molar refractivity (Wildman–Crippen MR) is 96.0 cm³/mol. The maximum atomic E-state index is 12.6. The fourth-order valence-corrected chi connectivity index (χ4v) is 4.54. The second-order valence-electron chi connectivity index (χ2n) is 8.11. The molecular weight excluding hydrogens is 302 g/mol. The van der Waals surface area contributed by atoms with Crippen molar-refractivity contribution in [2.75, 3.05) is 53.0 Å². The molecule has 1 amide bonds. The Morgan fingerprint density at radius 2 is 1.92 bits per heavy atom. The van der Waals surface area contributed by atoms with Gasteiger partial charge in [-0.3, -0.25) is 9.69 Å². The Hall–Kier alpha value is -0.650. The highest BCUT2D eigenvalue weighted by atomic mass is 16.5. The molecule has 3 saturated heterocycles. The summed E-state index contributed by atoms with van der Waals surface area (Å²) in [5, 5.41) is 0. The van der Waals surface area contributed by atoms with E-state index in [1.54, 1.807) is 0 Å². The number of rotatable bonds is 5. The number of ether oxygens (including phenoxy) is 1. The lowest BCUT2D eigenvalue weighted by molar-refractivity contribution is -0.136. The van der Waals surface area contributed by atoms with Crippen molar-refractivity contribution in [3.05, 3.63) is 0 Å². The average molecular weight is 338 g/mol. The van der Waals surface area contributed by atoms with E-state index >= 15 is 0 Å². The van der Waals surface area contributed by atoms with Gasteiger partial charge in [0.1, 0.15) is 0 Å². The van der Waals surface area contributed by atoms with E-state index in [1.165, 1.54) is 58.2 Å². The summed E-state index contributed by atoms with van der Waals surface area (Å²) in [4.78, 5) is 19.6. The molecule has 5 heteroatoms. The van der Waals surface area contributed by atoms with Crippen molar-refractivity contribution in [1.29, 1.82) is 0 Å². The van der Waals surface area contributed by atoms with Crippen LogP contribution in [-0.4, -0.2) is 85.7 Å². The fourth-order valence-electron chi connectivity index (χ4n) is 4.54. The topological polar surface area (TPSA) is 36.0 Å². The number of carbonyl (C=O) groups excluding carboxylic acids is 1. The molecule has 3 aliphatic heterocycles. The molecule has 0 bridgehead atoms. The third-order valence-corrected chi connectivity index (χ3v) is 6.23. The Labute approximate surface area is 147 Å². The lowest BCUT2D eigenvalue weighted by atomic mass is 10.0. The molecule has 3 fully saturated rings. The molecule has 0 aromatic rings. The van der Waals surface area contributed by atoms with Gasteiger partial charge in [-0.25, -0.2) is 0 Å². The smallest absolute Gasteiger partial charge is 0.236 e. The van der Waals surface area contributed by atoms with Gasteiger partial charge in [-0.05, 0) is 71.5 Å². The number of hydrogen-bond acceptors (Lipinski definition) is 4. The van der Waals surface area contributed by atoms with Gasteiger partial charge in [-0.15, -0.1) is 0 Å². The predicted octanol–water partition coefficient (Wildman–Crippen LogP) is 1.82. The monoisotopic (exact) mass is 337 g/mol. The third-order valence-electron chi connectivity index (χ3n) is 6.23. The molecule has 3 heterocycles. The van der Waals surface area contributed by atoms with Crippen molar-refractivity contribution in [2.24, 2.45) is 5.92 Å². The van der Waals surface area contributed by atoms with Crippen LogP contribution in [0.2, 0.25) is 0 Å². The average Bonchev–Trinajstić information content (AvgIpc) is 3.08. The second kappa shape index (κ2) is 8.63. The zero-order valence-corrected chi connectivity index (χ0v) is 15.6.